The summed E-state index contributed by atoms with van der Waals surface area (Å²) in [5.41, 5.74) is 5.63. The molecule has 0 spiro atoms. The smallest absolute Gasteiger partial charge is 0.306 e. The lowest BCUT2D eigenvalue weighted by molar-refractivity contribution is 0.252. The van der Waals surface area contributed by atoms with Crippen molar-refractivity contribution in [2.24, 2.45) is 5.84 Å². The van der Waals surface area contributed by atoms with Gasteiger partial charge in [0.2, 0.25) is 0 Å². The fraction of sp³-hybridized carbons (Fsp3) is 0.278. The minimum Gasteiger partial charge on any atom is -0.306 e. The molecular formula is C18H20FN3OS. The van der Waals surface area contributed by atoms with Gasteiger partial charge in [0.1, 0.15) is 5.82 Å². The molecule has 4 N–H and O–H groups in total. The van der Waals surface area contributed by atoms with Gasteiger partial charge < -0.3 is 5.32 Å². The Labute approximate surface area is 145 Å². The van der Waals surface area contributed by atoms with Crippen LogP contribution >= 0.6 is 11.8 Å². The van der Waals surface area contributed by atoms with E-state index >= 15 is 0 Å². The Balaban J connectivity index is 1.89. The number of aryl methyl sites for hydroxylation is 1. The number of thioether (sulfide) groups is 1. The van der Waals surface area contributed by atoms with Gasteiger partial charge in [0.15, 0.2) is 0 Å². The van der Waals surface area contributed by atoms with Crippen LogP contribution in [0.5, 0.6) is 0 Å². The molecule has 1 aliphatic rings. The van der Waals surface area contributed by atoms with E-state index in [0.717, 1.165) is 23.3 Å². The zero-order chi connectivity index (χ0) is 17.1. The SMILES string of the molecule is Cc1cccc(F)c1CSc1c(NC(=O)NN)cccc1C1CC1. The van der Waals surface area contributed by atoms with E-state index in [-0.39, 0.29) is 5.82 Å². The van der Waals surface area contributed by atoms with E-state index in [1.807, 2.05) is 25.1 Å². The van der Waals surface area contributed by atoms with Crippen LogP contribution in [0.2, 0.25) is 0 Å². The minimum absolute atomic E-state index is 0.194. The molecule has 0 unspecified atom stereocenters. The van der Waals surface area contributed by atoms with Gasteiger partial charge in [0.05, 0.1) is 5.69 Å². The van der Waals surface area contributed by atoms with Crippen molar-refractivity contribution in [2.75, 3.05) is 5.32 Å². The molecule has 0 saturated heterocycles. The van der Waals surface area contributed by atoms with E-state index in [1.165, 1.54) is 11.6 Å². The molecule has 3 rings (SSSR count). The number of nitrogens with two attached hydrogens (primary N) is 1. The van der Waals surface area contributed by atoms with E-state index in [9.17, 15) is 9.18 Å². The summed E-state index contributed by atoms with van der Waals surface area (Å²) in [6, 6.07) is 10.5. The van der Waals surface area contributed by atoms with Gasteiger partial charge in [-0.1, -0.05) is 24.3 Å². The monoisotopic (exact) mass is 345 g/mol. The highest BCUT2D eigenvalue weighted by atomic mass is 32.2. The second kappa shape index (κ2) is 7.23. The molecule has 1 aliphatic carbocycles. The molecule has 2 aromatic carbocycles. The van der Waals surface area contributed by atoms with Gasteiger partial charge in [-0.05, 0) is 48.9 Å². The van der Waals surface area contributed by atoms with E-state index in [0.29, 0.717) is 22.9 Å². The first-order valence-electron chi connectivity index (χ1n) is 7.87. The number of amides is 2. The fourth-order valence-electron chi connectivity index (χ4n) is 2.68. The third-order valence-corrected chi connectivity index (χ3v) is 5.33. The summed E-state index contributed by atoms with van der Waals surface area (Å²) in [6.45, 7) is 1.91. The number of urea groups is 1. The maximum absolute atomic E-state index is 14.1. The third-order valence-electron chi connectivity index (χ3n) is 4.16. The number of halogens is 1. The molecule has 1 saturated carbocycles. The molecular weight excluding hydrogens is 325 g/mol. The Bertz CT molecular complexity index is 742. The Morgan fingerprint density at radius 3 is 2.71 bits per heavy atom. The molecule has 2 aromatic rings. The number of nitrogens with one attached hydrogen (secondary N) is 2. The summed E-state index contributed by atoms with van der Waals surface area (Å²) in [7, 11) is 0. The molecule has 24 heavy (non-hydrogen) atoms. The van der Waals surface area contributed by atoms with Crippen molar-refractivity contribution in [1.82, 2.24) is 5.43 Å². The van der Waals surface area contributed by atoms with Crippen LogP contribution in [0.3, 0.4) is 0 Å². The van der Waals surface area contributed by atoms with Gasteiger partial charge in [-0.15, -0.1) is 11.8 Å². The van der Waals surface area contributed by atoms with Crippen LogP contribution < -0.4 is 16.6 Å². The highest BCUT2D eigenvalue weighted by molar-refractivity contribution is 7.98. The topological polar surface area (TPSA) is 67.2 Å². The van der Waals surface area contributed by atoms with Gasteiger partial charge in [-0.25, -0.2) is 15.0 Å². The standard InChI is InChI=1S/C18H20FN3OS/c1-11-4-2-6-15(19)14(11)10-24-17-13(12-8-9-12)5-3-7-16(17)21-18(23)22-20/h2-7,12H,8-10,20H2,1H3,(H2,21,22,23). The van der Waals surface area contributed by atoms with Crippen LogP contribution in [0, 0.1) is 12.7 Å². The summed E-state index contributed by atoms with van der Waals surface area (Å²) in [5.74, 6) is 6.01. The van der Waals surface area contributed by atoms with Crippen molar-refractivity contribution in [1.29, 1.82) is 0 Å². The van der Waals surface area contributed by atoms with E-state index < -0.39 is 6.03 Å². The summed E-state index contributed by atoms with van der Waals surface area (Å²) in [5, 5.41) is 2.76. The molecule has 6 heteroatoms. The van der Waals surface area contributed by atoms with Crippen LogP contribution in [0.25, 0.3) is 0 Å². The van der Waals surface area contributed by atoms with Gasteiger partial charge in [0.25, 0.3) is 0 Å². The molecule has 0 aromatic heterocycles. The van der Waals surface area contributed by atoms with Crippen molar-refractivity contribution in [3.63, 3.8) is 0 Å². The average Bonchev–Trinajstić information content (AvgIpc) is 3.40. The third kappa shape index (κ3) is 3.71. The first kappa shape index (κ1) is 16.8. The van der Waals surface area contributed by atoms with Crippen LogP contribution in [0.15, 0.2) is 41.3 Å². The Morgan fingerprint density at radius 1 is 1.29 bits per heavy atom. The fourth-order valence-corrected chi connectivity index (χ4v) is 4.01. The Kier molecular flexibility index (Phi) is 5.06. The predicted octanol–water partition coefficient (Wildman–Crippen LogP) is 4.30. The quantitative estimate of drug-likeness (QED) is 0.328. The predicted molar refractivity (Wildman–Crippen MR) is 95.5 cm³/mol. The molecule has 0 bridgehead atoms. The number of benzene rings is 2. The number of rotatable bonds is 5. The van der Waals surface area contributed by atoms with Crippen LogP contribution in [-0.2, 0) is 5.75 Å². The zero-order valence-electron chi connectivity index (χ0n) is 13.4. The number of hydrogen-bond donors (Lipinski definition) is 3. The zero-order valence-corrected chi connectivity index (χ0v) is 14.3. The molecule has 0 aliphatic heterocycles. The van der Waals surface area contributed by atoms with Crippen LogP contribution in [0.1, 0.15) is 35.4 Å². The first-order chi connectivity index (χ1) is 11.6. The molecule has 0 heterocycles. The lowest BCUT2D eigenvalue weighted by Gasteiger charge is -2.16. The molecule has 0 radical (unpaired) electrons. The summed E-state index contributed by atoms with van der Waals surface area (Å²) in [4.78, 5) is 12.6. The van der Waals surface area contributed by atoms with Gasteiger partial charge in [-0.3, -0.25) is 5.43 Å². The molecule has 4 nitrogen and oxygen atoms in total. The van der Waals surface area contributed by atoms with Gasteiger partial charge >= 0.3 is 6.03 Å². The second-order valence-corrected chi connectivity index (χ2v) is 6.91. The number of hydrogen-bond acceptors (Lipinski definition) is 3. The molecule has 1 fully saturated rings. The Morgan fingerprint density at radius 2 is 2.04 bits per heavy atom. The summed E-state index contributed by atoms with van der Waals surface area (Å²) in [6.07, 6.45) is 2.30. The Hall–Kier alpha value is -2.05. The highest BCUT2D eigenvalue weighted by Gasteiger charge is 2.27. The van der Waals surface area contributed by atoms with Crippen molar-refractivity contribution in [3.05, 3.63) is 58.9 Å². The van der Waals surface area contributed by atoms with E-state index in [2.05, 4.69) is 16.8 Å². The van der Waals surface area contributed by atoms with Crippen molar-refractivity contribution >= 4 is 23.5 Å². The summed E-state index contributed by atoms with van der Waals surface area (Å²) < 4.78 is 14.1. The summed E-state index contributed by atoms with van der Waals surface area (Å²) >= 11 is 1.55. The van der Waals surface area contributed by atoms with Crippen molar-refractivity contribution < 1.29 is 9.18 Å². The van der Waals surface area contributed by atoms with E-state index in [1.54, 1.807) is 17.8 Å². The molecule has 126 valence electrons. The average molecular weight is 345 g/mol. The van der Waals surface area contributed by atoms with Crippen molar-refractivity contribution in [3.8, 4) is 0 Å². The first-order valence-corrected chi connectivity index (χ1v) is 8.86. The maximum atomic E-state index is 14.1. The molecule has 0 atom stereocenters. The maximum Gasteiger partial charge on any atom is 0.333 e. The van der Waals surface area contributed by atoms with Gasteiger partial charge in [-0.2, -0.15) is 0 Å². The highest BCUT2D eigenvalue weighted by Crippen LogP contribution is 2.47. The minimum atomic E-state index is -0.466. The normalized spacial score (nSPS) is 13.6. The van der Waals surface area contributed by atoms with Crippen molar-refractivity contribution in [2.45, 2.75) is 36.3 Å². The van der Waals surface area contributed by atoms with Gasteiger partial charge in [0, 0.05) is 16.2 Å². The van der Waals surface area contributed by atoms with Crippen LogP contribution in [-0.4, -0.2) is 6.03 Å². The number of carbonyl (C=O) groups is 1. The van der Waals surface area contributed by atoms with Crippen LogP contribution in [0.4, 0.5) is 14.9 Å². The molecule has 2 amide bonds. The largest absolute Gasteiger partial charge is 0.333 e. The number of carbonyl (C=O) groups excluding carboxylic acids is 1. The van der Waals surface area contributed by atoms with E-state index in [4.69, 9.17) is 5.84 Å². The number of anilines is 1. The lowest BCUT2D eigenvalue weighted by Crippen LogP contribution is -2.34. The second-order valence-electron chi connectivity index (χ2n) is 5.92. The number of hydrazine groups is 1. The lowest BCUT2D eigenvalue weighted by atomic mass is 10.1.